The summed E-state index contributed by atoms with van der Waals surface area (Å²) in [4.78, 5) is 11.5. The second-order valence-electron chi connectivity index (χ2n) is 3.95. The Hall–Kier alpha value is -1.55. The average Bonchev–Trinajstić information content (AvgIpc) is 2.29. The smallest absolute Gasteiger partial charge is 0.224 e. The van der Waals surface area contributed by atoms with E-state index in [2.05, 4.69) is 5.32 Å². The summed E-state index contributed by atoms with van der Waals surface area (Å²) in [5.74, 6) is 0.333. The summed E-state index contributed by atoms with van der Waals surface area (Å²) in [6.07, 6.45) is 0.198. The molecule has 1 atom stereocenters. The minimum Gasteiger partial charge on any atom is -0.508 e. The summed E-state index contributed by atoms with van der Waals surface area (Å²) in [7, 11) is 0. The van der Waals surface area contributed by atoms with Crippen molar-refractivity contribution in [3.05, 3.63) is 29.8 Å². The van der Waals surface area contributed by atoms with Crippen LogP contribution in [0.15, 0.2) is 24.3 Å². The van der Waals surface area contributed by atoms with Crippen molar-refractivity contribution in [1.82, 2.24) is 5.32 Å². The molecule has 1 rings (SSSR count). The van der Waals surface area contributed by atoms with Gasteiger partial charge in [0.25, 0.3) is 0 Å². The fraction of sp³-hybridized carbons (Fsp3) is 0.417. The monoisotopic (exact) mass is 222 g/mol. The van der Waals surface area contributed by atoms with E-state index in [4.69, 9.17) is 5.73 Å². The first-order valence-electron chi connectivity index (χ1n) is 5.37. The zero-order valence-corrected chi connectivity index (χ0v) is 9.44. The summed E-state index contributed by atoms with van der Waals surface area (Å²) < 4.78 is 0. The van der Waals surface area contributed by atoms with E-state index in [9.17, 15) is 9.90 Å². The molecule has 1 aromatic carbocycles. The topological polar surface area (TPSA) is 75.3 Å². The Labute approximate surface area is 95.5 Å². The molecule has 0 saturated heterocycles. The Balaban J connectivity index is 2.43. The summed E-state index contributed by atoms with van der Waals surface area (Å²) in [6.45, 7) is 3.10. The molecule has 0 bridgehead atoms. The van der Waals surface area contributed by atoms with Gasteiger partial charge in [0.1, 0.15) is 5.75 Å². The predicted molar refractivity (Wildman–Crippen MR) is 63.0 cm³/mol. The van der Waals surface area contributed by atoms with Crippen molar-refractivity contribution in [2.45, 2.75) is 13.3 Å². The Kier molecular flexibility index (Phi) is 4.79. The lowest BCUT2D eigenvalue weighted by Crippen LogP contribution is -2.32. The summed E-state index contributed by atoms with van der Waals surface area (Å²) in [5.41, 5.74) is 6.08. The van der Waals surface area contributed by atoms with E-state index in [0.29, 0.717) is 18.7 Å². The molecular formula is C12H18N2O2. The number of nitrogens with one attached hydrogen (secondary N) is 1. The molecule has 0 heterocycles. The van der Waals surface area contributed by atoms with Crippen molar-refractivity contribution in [1.29, 1.82) is 0 Å². The second-order valence-corrected chi connectivity index (χ2v) is 3.95. The van der Waals surface area contributed by atoms with Gasteiger partial charge in [0, 0.05) is 12.1 Å². The van der Waals surface area contributed by atoms with Gasteiger partial charge in [-0.25, -0.2) is 0 Å². The summed E-state index contributed by atoms with van der Waals surface area (Å²) >= 11 is 0. The first kappa shape index (κ1) is 12.5. The SMILES string of the molecule is CC(CN)CNC(=O)Cc1ccccc1O. The van der Waals surface area contributed by atoms with Crippen LogP contribution in [-0.2, 0) is 11.2 Å². The molecule has 0 aliphatic carbocycles. The number of phenolic OH excluding ortho intramolecular Hbond substituents is 1. The number of benzene rings is 1. The molecule has 0 aromatic heterocycles. The lowest BCUT2D eigenvalue weighted by Gasteiger charge is -2.10. The van der Waals surface area contributed by atoms with Gasteiger partial charge in [-0.1, -0.05) is 25.1 Å². The van der Waals surface area contributed by atoms with Crippen molar-refractivity contribution in [3.63, 3.8) is 0 Å². The fourth-order valence-electron chi connectivity index (χ4n) is 1.27. The molecule has 0 saturated carbocycles. The van der Waals surface area contributed by atoms with E-state index in [1.807, 2.05) is 6.92 Å². The van der Waals surface area contributed by atoms with Crippen LogP contribution < -0.4 is 11.1 Å². The maximum atomic E-state index is 11.5. The van der Waals surface area contributed by atoms with Crippen LogP contribution in [0.3, 0.4) is 0 Å². The van der Waals surface area contributed by atoms with Gasteiger partial charge in [-0.05, 0) is 18.5 Å². The van der Waals surface area contributed by atoms with E-state index in [-0.39, 0.29) is 24.0 Å². The molecule has 1 aromatic rings. The Morgan fingerprint density at radius 1 is 1.50 bits per heavy atom. The zero-order valence-electron chi connectivity index (χ0n) is 9.44. The van der Waals surface area contributed by atoms with Gasteiger partial charge < -0.3 is 16.2 Å². The highest BCUT2D eigenvalue weighted by molar-refractivity contribution is 5.79. The van der Waals surface area contributed by atoms with E-state index in [1.165, 1.54) is 0 Å². The molecule has 4 N–H and O–H groups in total. The molecular weight excluding hydrogens is 204 g/mol. The maximum Gasteiger partial charge on any atom is 0.224 e. The van der Waals surface area contributed by atoms with Gasteiger partial charge >= 0.3 is 0 Å². The third-order valence-corrected chi connectivity index (χ3v) is 2.39. The first-order valence-corrected chi connectivity index (χ1v) is 5.37. The van der Waals surface area contributed by atoms with Crippen molar-refractivity contribution >= 4 is 5.91 Å². The molecule has 88 valence electrons. The van der Waals surface area contributed by atoms with Gasteiger partial charge in [0.2, 0.25) is 5.91 Å². The van der Waals surface area contributed by atoms with Gasteiger partial charge in [0.05, 0.1) is 6.42 Å². The maximum absolute atomic E-state index is 11.5. The van der Waals surface area contributed by atoms with Gasteiger partial charge in [-0.2, -0.15) is 0 Å². The van der Waals surface area contributed by atoms with Gasteiger partial charge in [0.15, 0.2) is 0 Å². The van der Waals surface area contributed by atoms with Crippen molar-refractivity contribution < 1.29 is 9.90 Å². The van der Waals surface area contributed by atoms with Crippen LogP contribution in [0.2, 0.25) is 0 Å². The van der Waals surface area contributed by atoms with Crippen LogP contribution in [0.1, 0.15) is 12.5 Å². The first-order chi connectivity index (χ1) is 7.63. The van der Waals surface area contributed by atoms with Crippen molar-refractivity contribution in [3.8, 4) is 5.75 Å². The molecule has 0 fully saturated rings. The van der Waals surface area contributed by atoms with E-state index in [0.717, 1.165) is 0 Å². The lowest BCUT2D eigenvalue weighted by molar-refractivity contribution is -0.120. The average molecular weight is 222 g/mol. The predicted octanol–water partition coefficient (Wildman–Crippen LogP) is 0.646. The number of amides is 1. The van der Waals surface area contributed by atoms with Crippen LogP contribution in [-0.4, -0.2) is 24.1 Å². The quantitative estimate of drug-likeness (QED) is 0.684. The second kappa shape index (κ2) is 6.12. The highest BCUT2D eigenvalue weighted by atomic mass is 16.3. The normalized spacial score (nSPS) is 12.1. The number of aromatic hydroxyl groups is 1. The molecule has 4 heteroatoms. The number of para-hydroxylation sites is 1. The largest absolute Gasteiger partial charge is 0.508 e. The number of rotatable bonds is 5. The Bertz CT molecular complexity index is 353. The molecule has 1 unspecified atom stereocenters. The van der Waals surface area contributed by atoms with E-state index < -0.39 is 0 Å². The number of phenols is 1. The number of hydrogen-bond acceptors (Lipinski definition) is 3. The summed E-state index contributed by atoms with van der Waals surface area (Å²) in [5, 5.41) is 12.3. The van der Waals surface area contributed by atoms with Crippen LogP contribution in [0.25, 0.3) is 0 Å². The minimum absolute atomic E-state index is 0.0956. The summed E-state index contributed by atoms with van der Waals surface area (Å²) in [6, 6.07) is 6.84. The standard InChI is InChI=1S/C12H18N2O2/c1-9(7-13)8-14-12(16)6-10-4-2-3-5-11(10)15/h2-5,9,15H,6-8,13H2,1H3,(H,14,16). The Morgan fingerprint density at radius 3 is 2.81 bits per heavy atom. The lowest BCUT2D eigenvalue weighted by atomic mass is 10.1. The highest BCUT2D eigenvalue weighted by Gasteiger charge is 2.07. The number of hydrogen-bond donors (Lipinski definition) is 3. The van der Waals surface area contributed by atoms with Crippen LogP contribution in [0.4, 0.5) is 0 Å². The van der Waals surface area contributed by atoms with Gasteiger partial charge in [-0.3, -0.25) is 4.79 Å². The molecule has 0 aliphatic heterocycles. The third kappa shape index (κ3) is 3.90. The molecule has 1 amide bonds. The molecule has 0 aliphatic rings. The molecule has 0 radical (unpaired) electrons. The third-order valence-electron chi connectivity index (χ3n) is 2.39. The van der Waals surface area contributed by atoms with Crippen LogP contribution >= 0.6 is 0 Å². The molecule has 4 nitrogen and oxygen atoms in total. The van der Waals surface area contributed by atoms with Crippen LogP contribution in [0, 0.1) is 5.92 Å². The molecule has 0 spiro atoms. The van der Waals surface area contributed by atoms with Crippen LogP contribution in [0.5, 0.6) is 5.75 Å². The van der Waals surface area contributed by atoms with Crippen molar-refractivity contribution in [2.24, 2.45) is 11.7 Å². The van der Waals surface area contributed by atoms with E-state index in [1.54, 1.807) is 24.3 Å². The van der Waals surface area contributed by atoms with E-state index >= 15 is 0 Å². The highest BCUT2D eigenvalue weighted by Crippen LogP contribution is 2.15. The number of carbonyl (C=O) groups excluding carboxylic acids is 1. The fourth-order valence-corrected chi connectivity index (χ4v) is 1.27. The molecule has 16 heavy (non-hydrogen) atoms. The Morgan fingerprint density at radius 2 is 2.19 bits per heavy atom. The van der Waals surface area contributed by atoms with Crippen molar-refractivity contribution in [2.75, 3.05) is 13.1 Å². The number of carbonyl (C=O) groups is 1. The zero-order chi connectivity index (χ0) is 12.0. The number of nitrogens with two attached hydrogens (primary N) is 1. The minimum atomic E-state index is -0.0956. The van der Waals surface area contributed by atoms with Gasteiger partial charge in [-0.15, -0.1) is 0 Å².